The van der Waals surface area contributed by atoms with Gasteiger partial charge in [0.05, 0.1) is 0 Å². The van der Waals surface area contributed by atoms with E-state index in [0.29, 0.717) is 30.2 Å². The molecule has 2 aliphatic carbocycles. The number of amides is 1. The van der Waals surface area contributed by atoms with Gasteiger partial charge in [-0.1, -0.05) is 20.3 Å². The quantitative estimate of drug-likeness (QED) is 0.738. The van der Waals surface area contributed by atoms with Crippen molar-refractivity contribution in [3.63, 3.8) is 0 Å². The van der Waals surface area contributed by atoms with E-state index in [1.807, 2.05) is 0 Å². The Balaban J connectivity index is 1.75. The van der Waals surface area contributed by atoms with Crippen molar-refractivity contribution in [3.8, 4) is 0 Å². The van der Waals surface area contributed by atoms with E-state index in [0.717, 1.165) is 0 Å². The van der Waals surface area contributed by atoms with Gasteiger partial charge in [-0.15, -0.1) is 11.6 Å². The molecule has 2 unspecified atom stereocenters. The summed E-state index contributed by atoms with van der Waals surface area (Å²) in [4.78, 5) is 11.8. The molecule has 1 amide bonds. The normalized spacial score (nSPS) is 33.7. The fraction of sp³-hybridized carbons (Fsp3) is 0.917. The molecule has 15 heavy (non-hydrogen) atoms. The second-order valence-electron chi connectivity index (χ2n) is 5.80. The molecule has 0 aromatic carbocycles. The number of carbonyl (C=O) groups excluding carboxylic acids is 1. The fourth-order valence-corrected chi connectivity index (χ4v) is 2.80. The van der Waals surface area contributed by atoms with Gasteiger partial charge in [-0.3, -0.25) is 4.79 Å². The topological polar surface area (TPSA) is 29.1 Å². The van der Waals surface area contributed by atoms with Crippen molar-refractivity contribution < 1.29 is 4.79 Å². The third kappa shape index (κ3) is 2.30. The molecule has 2 fully saturated rings. The number of fused-ring (bicyclic) bond motifs is 1. The number of hydrogen-bond acceptors (Lipinski definition) is 1. The van der Waals surface area contributed by atoms with E-state index in [1.54, 1.807) is 0 Å². The molecule has 0 aromatic heterocycles. The lowest BCUT2D eigenvalue weighted by Crippen LogP contribution is -2.36. The van der Waals surface area contributed by atoms with E-state index < -0.39 is 0 Å². The number of rotatable bonds is 4. The van der Waals surface area contributed by atoms with Gasteiger partial charge in [0.2, 0.25) is 5.91 Å². The van der Waals surface area contributed by atoms with E-state index in [1.165, 1.54) is 19.3 Å². The zero-order valence-corrected chi connectivity index (χ0v) is 10.3. The van der Waals surface area contributed by atoms with Crippen LogP contribution in [0.1, 0.15) is 33.1 Å². The first-order valence-corrected chi connectivity index (χ1v) is 6.42. The summed E-state index contributed by atoms with van der Waals surface area (Å²) in [6.45, 7) is 4.85. The average Bonchev–Trinajstić information content (AvgIpc) is 2.69. The van der Waals surface area contributed by atoms with Crippen LogP contribution in [-0.2, 0) is 4.79 Å². The molecule has 0 radical (unpaired) electrons. The van der Waals surface area contributed by atoms with Crippen molar-refractivity contribution >= 4 is 17.5 Å². The Morgan fingerprint density at radius 1 is 1.40 bits per heavy atom. The van der Waals surface area contributed by atoms with Gasteiger partial charge in [0.15, 0.2) is 0 Å². The van der Waals surface area contributed by atoms with Crippen molar-refractivity contribution in [1.29, 1.82) is 0 Å². The van der Waals surface area contributed by atoms with Gasteiger partial charge in [0.25, 0.3) is 0 Å². The lowest BCUT2D eigenvalue weighted by atomic mass is 9.96. The van der Waals surface area contributed by atoms with Gasteiger partial charge < -0.3 is 5.32 Å². The minimum Gasteiger partial charge on any atom is -0.355 e. The molecule has 3 heteroatoms. The predicted molar refractivity (Wildman–Crippen MR) is 61.8 cm³/mol. The highest BCUT2D eigenvalue weighted by molar-refractivity contribution is 6.18. The Bertz CT molecular complexity index is 254. The second kappa shape index (κ2) is 3.97. The smallest absolute Gasteiger partial charge is 0.223 e. The largest absolute Gasteiger partial charge is 0.355 e. The van der Waals surface area contributed by atoms with Crippen molar-refractivity contribution in [2.45, 2.75) is 33.1 Å². The maximum atomic E-state index is 11.8. The van der Waals surface area contributed by atoms with Crippen molar-refractivity contribution in [1.82, 2.24) is 5.32 Å². The first-order valence-electron chi connectivity index (χ1n) is 5.89. The van der Waals surface area contributed by atoms with Crippen molar-refractivity contribution in [3.05, 3.63) is 0 Å². The maximum Gasteiger partial charge on any atom is 0.223 e. The summed E-state index contributed by atoms with van der Waals surface area (Å²) in [5.41, 5.74) is 0.0151. The van der Waals surface area contributed by atoms with Crippen molar-refractivity contribution in [2.75, 3.05) is 12.4 Å². The third-order valence-electron chi connectivity index (χ3n) is 3.81. The van der Waals surface area contributed by atoms with Gasteiger partial charge in [-0.05, 0) is 30.1 Å². The molecule has 2 saturated carbocycles. The average molecular weight is 230 g/mol. The molecule has 0 saturated heterocycles. The highest BCUT2D eigenvalue weighted by Gasteiger charge is 2.56. The van der Waals surface area contributed by atoms with Crippen molar-refractivity contribution in [2.24, 2.45) is 23.2 Å². The first kappa shape index (κ1) is 11.3. The Labute approximate surface area is 96.8 Å². The summed E-state index contributed by atoms with van der Waals surface area (Å²) in [5.74, 6) is 2.62. The summed E-state index contributed by atoms with van der Waals surface area (Å²) >= 11 is 5.82. The first-order chi connectivity index (χ1) is 7.05. The van der Waals surface area contributed by atoms with E-state index in [9.17, 15) is 4.79 Å². The molecule has 2 atom stereocenters. The number of nitrogens with one attached hydrogen (secondary N) is 1. The van der Waals surface area contributed by atoms with Gasteiger partial charge in [-0.2, -0.15) is 0 Å². The molecule has 0 aromatic rings. The molecule has 0 bridgehead atoms. The van der Waals surface area contributed by atoms with Crippen LogP contribution in [0.4, 0.5) is 0 Å². The number of halogens is 1. The summed E-state index contributed by atoms with van der Waals surface area (Å²) in [5, 5.41) is 3.04. The second-order valence-corrected chi connectivity index (χ2v) is 6.07. The SMILES string of the molecule is CC(C)(CCl)CNC(=O)C1C2CCCC21. The molecule has 2 aliphatic rings. The van der Waals surface area contributed by atoms with E-state index >= 15 is 0 Å². The van der Waals surface area contributed by atoms with E-state index in [-0.39, 0.29) is 11.3 Å². The number of carbonyl (C=O) groups is 1. The zero-order chi connectivity index (χ0) is 11.1. The molecule has 86 valence electrons. The highest BCUT2D eigenvalue weighted by atomic mass is 35.5. The van der Waals surface area contributed by atoms with Gasteiger partial charge in [0, 0.05) is 18.3 Å². The Hall–Kier alpha value is -0.240. The Morgan fingerprint density at radius 2 is 2.00 bits per heavy atom. The molecule has 0 aliphatic heterocycles. The minimum absolute atomic E-state index is 0.0151. The summed E-state index contributed by atoms with van der Waals surface area (Å²) in [7, 11) is 0. The lowest BCUT2D eigenvalue weighted by Gasteiger charge is -2.21. The number of hydrogen-bond donors (Lipinski definition) is 1. The van der Waals surface area contributed by atoms with Crippen LogP contribution < -0.4 is 5.32 Å². The van der Waals surface area contributed by atoms with Crippen LogP contribution in [0, 0.1) is 23.2 Å². The zero-order valence-electron chi connectivity index (χ0n) is 9.55. The van der Waals surface area contributed by atoms with Gasteiger partial charge in [0.1, 0.15) is 0 Å². The lowest BCUT2D eigenvalue weighted by molar-refractivity contribution is -0.123. The molecule has 0 heterocycles. The monoisotopic (exact) mass is 229 g/mol. The van der Waals surface area contributed by atoms with Crippen LogP contribution >= 0.6 is 11.6 Å². The fourth-order valence-electron chi connectivity index (χ4n) is 2.70. The highest BCUT2D eigenvalue weighted by Crippen LogP contribution is 2.57. The van der Waals surface area contributed by atoms with Gasteiger partial charge >= 0.3 is 0 Å². The summed E-state index contributed by atoms with van der Waals surface area (Å²) in [6, 6.07) is 0. The standard InChI is InChI=1S/C12H20ClNO/c1-12(2,6-13)7-14-11(15)10-8-4-3-5-9(8)10/h8-10H,3-7H2,1-2H3,(H,14,15). The predicted octanol–water partition coefficient (Wildman–Crippen LogP) is 2.41. The van der Waals surface area contributed by atoms with E-state index in [2.05, 4.69) is 19.2 Å². The third-order valence-corrected chi connectivity index (χ3v) is 4.54. The summed E-state index contributed by atoms with van der Waals surface area (Å²) < 4.78 is 0. The molecule has 1 N–H and O–H groups in total. The van der Waals surface area contributed by atoms with Crippen LogP contribution in [0.5, 0.6) is 0 Å². The van der Waals surface area contributed by atoms with Gasteiger partial charge in [-0.25, -0.2) is 0 Å². The Morgan fingerprint density at radius 3 is 2.53 bits per heavy atom. The number of alkyl halides is 1. The molecular weight excluding hydrogens is 210 g/mol. The molecule has 2 nitrogen and oxygen atoms in total. The van der Waals surface area contributed by atoms with Crippen LogP contribution in [-0.4, -0.2) is 18.3 Å². The minimum atomic E-state index is 0.0151. The van der Waals surface area contributed by atoms with Crippen LogP contribution in [0.2, 0.25) is 0 Å². The molecule has 0 spiro atoms. The molecule has 2 rings (SSSR count). The van der Waals surface area contributed by atoms with Crippen LogP contribution in [0.25, 0.3) is 0 Å². The van der Waals surface area contributed by atoms with Crippen LogP contribution in [0.15, 0.2) is 0 Å². The maximum absolute atomic E-state index is 11.8. The Kier molecular flexibility index (Phi) is 2.98. The molecular formula is C12H20ClNO. The summed E-state index contributed by atoms with van der Waals surface area (Å²) in [6.07, 6.45) is 3.86. The van der Waals surface area contributed by atoms with Crippen LogP contribution in [0.3, 0.4) is 0 Å². The van der Waals surface area contributed by atoms with E-state index in [4.69, 9.17) is 11.6 Å².